The monoisotopic (exact) mass is 679 g/mol. The van der Waals surface area contributed by atoms with Crippen LogP contribution in [0.15, 0.2) is 115 Å². The highest BCUT2D eigenvalue weighted by Crippen LogP contribution is 2.31. The van der Waals surface area contributed by atoms with Gasteiger partial charge in [-0.1, -0.05) is 57.5 Å². The quantitative estimate of drug-likeness (QED) is 0.0889. The van der Waals surface area contributed by atoms with E-state index < -0.39 is 29.8 Å². The van der Waals surface area contributed by atoms with Crippen LogP contribution in [-0.4, -0.2) is 61.0 Å². The molecule has 0 spiro atoms. The number of benzene rings is 3. The molecular formula is C40H41NO9. The van der Waals surface area contributed by atoms with Gasteiger partial charge in [-0.05, 0) is 91.9 Å². The van der Waals surface area contributed by atoms with E-state index in [1.54, 1.807) is 67.6 Å². The second kappa shape index (κ2) is 17.9. The van der Waals surface area contributed by atoms with Gasteiger partial charge in [0.1, 0.15) is 24.7 Å². The Balaban J connectivity index is 2.03. The lowest BCUT2D eigenvalue weighted by atomic mass is 9.95. The van der Waals surface area contributed by atoms with E-state index in [0.29, 0.717) is 40.2 Å². The van der Waals surface area contributed by atoms with E-state index in [-0.39, 0.29) is 43.0 Å². The lowest BCUT2D eigenvalue weighted by molar-refractivity contribution is -0.139. The molecule has 10 nitrogen and oxygen atoms in total. The van der Waals surface area contributed by atoms with Gasteiger partial charge in [0.2, 0.25) is 0 Å². The largest absolute Gasteiger partial charge is 0.460 e. The Morgan fingerprint density at radius 2 is 0.960 bits per heavy atom. The normalized spacial score (nSPS) is 10.3. The van der Waals surface area contributed by atoms with Crippen LogP contribution in [0.2, 0.25) is 0 Å². The third-order valence-electron chi connectivity index (χ3n) is 7.21. The van der Waals surface area contributed by atoms with Crippen molar-refractivity contribution in [1.82, 2.24) is 4.90 Å². The first-order valence-electron chi connectivity index (χ1n) is 15.8. The van der Waals surface area contributed by atoms with Gasteiger partial charge in [-0.2, -0.15) is 0 Å². The maximum absolute atomic E-state index is 14.1. The van der Waals surface area contributed by atoms with E-state index in [1.165, 1.54) is 18.7 Å². The minimum Gasteiger partial charge on any atom is -0.460 e. The molecule has 0 fully saturated rings. The topological polar surface area (TPSA) is 126 Å². The van der Waals surface area contributed by atoms with Gasteiger partial charge in [-0.15, -0.1) is 0 Å². The van der Waals surface area contributed by atoms with E-state index >= 15 is 0 Å². The van der Waals surface area contributed by atoms with Gasteiger partial charge in [0.15, 0.2) is 0 Å². The third kappa shape index (κ3) is 11.0. The molecule has 0 aliphatic rings. The van der Waals surface area contributed by atoms with Crippen LogP contribution in [0, 0.1) is 0 Å². The maximum Gasteiger partial charge on any atom is 0.338 e. The van der Waals surface area contributed by atoms with Crippen LogP contribution in [-0.2, 0) is 28.7 Å². The van der Waals surface area contributed by atoms with Crippen molar-refractivity contribution in [3.63, 3.8) is 0 Å². The average molecular weight is 680 g/mol. The van der Waals surface area contributed by atoms with Crippen LogP contribution in [0.3, 0.4) is 0 Å². The third-order valence-corrected chi connectivity index (χ3v) is 7.21. The Kier molecular flexibility index (Phi) is 13.8. The van der Waals surface area contributed by atoms with E-state index in [2.05, 4.69) is 26.3 Å². The maximum atomic E-state index is 14.1. The fraction of sp³-hybridized carbons (Fsp3) is 0.225. The van der Waals surface area contributed by atoms with E-state index in [0.717, 1.165) is 11.1 Å². The average Bonchev–Trinajstić information content (AvgIpc) is 3.10. The SMILES string of the molecule is C=C(C)C(=O)OCCN(CCOC(=O)C(=C)C)C(=O)c1cc(-c2ccc(OC(=O)C(=C)C)cc2)cc(-c2ccc(OC(=O)C(=C)CC)cc2)c1. The highest BCUT2D eigenvalue weighted by atomic mass is 16.5. The number of hydrogen-bond acceptors (Lipinski definition) is 9. The van der Waals surface area contributed by atoms with Crippen molar-refractivity contribution in [3.8, 4) is 33.8 Å². The van der Waals surface area contributed by atoms with E-state index in [1.807, 2.05) is 13.0 Å². The number of carbonyl (C=O) groups is 5. The molecule has 0 heterocycles. The van der Waals surface area contributed by atoms with Crippen molar-refractivity contribution in [2.45, 2.75) is 34.1 Å². The summed E-state index contributed by atoms with van der Waals surface area (Å²) in [5.41, 5.74) is 4.11. The van der Waals surface area contributed by atoms with Crippen LogP contribution in [0.25, 0.3) is 22.3 Å². The van der Waals surface area contributed by atoms with E-state index in [4.69, 9.17) is 18.9 Å². The first-order valence-corrected chi connectivity index (χ1v) is 15.8. The standard InChI is InChI=1S/C40H41NO9/c1-9-28(8)40(46)50-35-16-12-30(13-17-35)32-22-31(29-10-14-34(15-11-29)49-39(45)27(6)7)23-33(24-32)36(42)41(18-20-47-37(43)25(2)3)19-21-48-38(44)26(4)5/h10-17,22-24H,2,4,6,8-9,18-21H2,1,3,5,7H3. The predicted molar refractivity (Wildman–Crippen MR) is 190 cm³/mol. The molecule has 0 saturated heterocycles. The molecular weight excluding hydrogens is 638 g/mol. The smallest absolute Gasteiger partial charge is 0.338 e. The molecule has 0 aliphatic carbocycles. The molecule has 50 heavy (non-hydrogen) atoms. The van der Waals surface area contributed by atoms with Crippen molar-refractivity contribution < 1.29 is 42.9 Å². The molecule has 1 amide bonds. The van der Waals surface area contributed by atoms with Gasteiger partial charge in [0, 0.05) is 27.9 Å². The van der Waals surface area contributed by atoms with Crippen LogP contribution in [0.5, 0.6) is 11.5 Å². The molecule has 10 heteroatoms. The Morgan fingerprint density at radius 3 is 1.34 bits per heavy atom. The van der Waals surface area contributed by atoms with Crippen LogP contribution < -0.4 is 9.47 Å². The molecule has 0 atom stereocenters. The van der Waals surface area contributed by atoms with Crippen molar-refractivity contribution in [2.75, 3.05) is 26.3 Å². The second-order valence-corrected chi connectivity index (χ2v) is 11.5. The highest BCUT2D eigenvalue weighted by Gasteiger charge is 2.20. The molecule has 260 valence electrons. The van der Waals surface area contributed by atoms with Crippen molar-refractivity contribution in [2.24, 2.45) is 0 Å². The number of hydrogen-bond donors (Lipinski definition) is 0. The number of carbonyl (C=O) groups excluding carboxylic acids is 5. The van der Waals surface area contributed by atoms with Gasteiger partial charge in [0.25, 0.3) is 5.91 Å². The van der Waals surface area contributed by atoms with Crippen LogP contribution >= 0.6 is 0 Å². The predicted octanol–water partition coefficient (Wildman–Crippen LogP) is 7.05. The molecule has 0 radical (unpaired) electrons. The number of esters is 4. The minimum atomic E-state index is -0.596. The molecule has 3 aromatic carbocycles. The lowest BCUT2D eigenvalue weighted by Crippen LogP contribution is -2.37. The molecule has 0 saturated carbocycles. The summed E-state index contributed by atoms with van der Waals surface area (Å²) < 4.78 is 21.2. The zero-order valence-electron chi connectivity index (χ0n) is 28.8. The summed E-state index contributed by atoms with van der Waals surface area (Å²) in [6, 6.07) is 18.9. The summed E-state index contributed by atoms with van der Waals surface area (Å²) in [6.45, 7) is 20.7. The van der Waals surface area contributed by atoms with Gasteiger partial charge >= 0.3 is 23.9 Å². The van der Waals surface area contributed by atoms with Gasteiger partial charge in [-0.25, -0.2) is 19.2 Å². The summed E-state index contributed by atoms with van der Waals surface area (Å²) >= 11 is 0. The van der Waals surface area contributed by atoms with Crippen molar-refractivity contribution in [1.29, 1.82) is 0 Å². The minimum absolute atomic E-state index is 0.00787. The summed E-state index contributed by atoms with van der Waals surface area (Å²) in [5, 5.41) is 0. The van der Waals surface area contributed by atoms with Crippen molar-refractivity contribution >= 4 is 29.8 Å². The number of amides is 1. The lowest BCUT2D eigenvalue weighted by Gasteiger charge is -2.23. The molecule has 0 N–H and O–H groups in total. The fourth-order valence-electron chi connectivity index (χ4n) is 4.27. The first kappa shape index (κ1) is 38.4. The first-order chi connectivity index (χ1) is 23.7. The molecule has 0 unspecified atom stereocenters. The number of ether oxygens (including phenoxy) is 4. The number of nitrogens with zero attached hydrogens (tertiary/aromatic N) is 1. The Labute approximate surface area is 292 Å². The Hall–Kier alpha value is -6.03. The molecule has 0 aliphatic heterocycles. The highest BCUT2D eigenvalue weighted by molar-refractivity contribution is 5.97. The summed E-state index contributed by atoms with van der Waals surface area (Å²) in [6.07, 6.45) is 0.460. The van der Waals surface area contributed by atoms with Gasteiger partial charge in [-0.3, -0.25) is 4.79 Å². The Morgan fingerprint density at radius 1 is 0.560 bits per heavy atom. The molecule has 0 bridgehead atoms. The Bertz CT molecular complexity index is 1790. The number of rotatable bonds is 16. The van der Waals surface area contributed by atoms with Gasteiger partial charge < -0.3 is 23.8 Å². The van der Waals surface area contributed by atoms with Crippen LogP contribution in [0.1, 0.15) is 44.5 Å². The zero-order valence-corrected chi connectivity index (χ0v) is 28.8. The van der Waals surface area contributed by atoms with Crippen molar-refractivity contribution in [3.05, 3.63) is 121 Å². The zero-order chi connectivity index (χ0) is 37.0. The summed E-state index contributed by atoms with van der Waals surface area (Å²) in [4.78, 5) is 63.8. The summed E-state index contributed by atoms with van der Waals surface area (Å²) in [7, 11) is 0. The van der Waals surface area contributed by atoms with Crippen LogP contribution in [0.4, 0.5) is 0 Å². The second-order valence-electron chi connectivity index (χ2n) is 11.5. The fourth-order valence-corrected chi connectivity index (χ4v) is 4.27. The summed E-state index contributed by atoms with van der Waals surface area (Å²) in [5.74, 6) is -2.02. The van der Waals surface area contributed by atoms with E-state index in [9.17, 15) is 24.0 Å². The molecule has 3 rings (SSSR count). The molecule has 0 aromatic heterocycles. The molecule has 3 aromatic rings. The van der Waals surface area contributed by atoms with Gasteiger partial charge in [0.05, 0.1) is 13.1 Å².